The van der Waals surface area contributed by atoms with Gasteiger partial charge in [0.2, 0.25) is 0 Å². The first-order valence-electron chi connectivity index (χ1n) is 6.02. The molecule has 1 nitrogen and oxygen atoms in total. The van der Waals surface area contributed by atoms with E-state index in [1.54, 1.807) is 31.3 Å². The Bertz CT molecular complexity index is 646. The molecular formula is C15H13BrClF2N. The smallest absolute Gasteiger partial charge is 0.164 e. The Kier molecular flexibility index (Phi) is 4.78. The number of hydrogen-bond acceptors (Lipinski definition) is 1. The van der Waals surface area contributed by atoms with Gasteiger partial charge in [-0.2, -0.15) is 0 Å². The van der Waals surface area contributed by atoms with E-state index in [2.05, 4.69) is 21.2 Å². The van der Waals surface area contributed by atoms with Gasteiger partial charge in [-0.15, -0.1) is 0 Å². The van der Waals surface area contributed by atoms with Crippen LogP contribution in [0.15, 0.2) is 34.8 Å². The molecule has 2 rings (SSSR count). The molecule has 0 aromatic heterocycles. The second-order valence-corrected chi connectivity index (χ2v) is 5.76. The van der Waals surface area contributed by atoms with E-state index in [1.807, 2.05) is 6.07 Å². The van der Waals surface area contributed by atoms with Gasteiger partial charge in [0.05, 0.1) is 11.1 Å². The minimum atomic E-state index is -0.830. The Morgan fingerprint density at radius 3 is 2.45 bits per heavy atom. The van der Waals surface area contributed by atoms with Crippen LogP contribution in [0.25, 0.3) is 0 Å². The van der Waals surface area contributed by atoms with E-state index in [9.17, 15) is 8.78 Å². The molecule has 0 radical (unpaired) electrons. The Balaban J connectivity index is 2.52. The highest BCUT2D eigenvalue weighted by atomic mass is 79.9. The van der Waals surface area contributed by atoms with Gasteiger partial charge in [-0.3, -0.25) is 0 Å². The largest absolute Gasteiger partial charge is 0.309 e. The van der Waals surface area contributed by atoms with E-state index in [4.69, 9.17) is 11.6 Å². The number of hydrogen-bond donors (Lipinski definition) is 1. The van der Waals surface area contributed by atoms with Crippen molar-refractivity contribution in [3.8, 4) is 0 Å². The van der Waals surface area contributed by atoms with E-state index in [1.165, 1.54) is 6.92 Å². The Morgan fingerprint density at radius 2 is 1.85 bits per heavy atom. The van der Waals surface area contributed by atoms with Crippen LogP contribution in [0, 0.1) is 18.6 Å². The van der Waals surface area contributed by atoms with Crippen molar-refractivity contribution in [2.75, 3.05) is 7.05 Å². The number of aryl methyl sites for hydroxylation is 1. The molecule has 0 bridgehead atoms. The number of rotatable bonds is 3. The monoisotopic (exact) mass is 359 g/mol. The molecule has 0 spiro atoms. The van der Waals surface area contributed by atoms with Gasteiger partial charge in [-0.05, 0) is 53.2 Å². The topological polar surface area (TPSA) is 12.0 Å². The van der Waals surface area contributed by atoms with E-state index >= 15 is 0 Å². The number of nitrogens with one attached hydrogen (secondary N) is 1. The lowest BCUT2D eigenvalue weighted by molar-refractivity contribution is 0.482. The summed E-state index contributed by atoms with van der Waals surface area (Å²) in [5.41, 5.74) is 1.31. The fourth-order valence-electron chi connectivity index (χ4n) is 2.08. The van der Waals surface area contributed by atoms with Gasteiger partial charge < -0.3 is 5.32 Å². The molecule has 0 amide bonds. The van der Waals surface area contributed by atoms with E-state index < -0.39 is 17.7 Å². The highest BCUT2D eigenvalue weighted by Crippen LogP contribution is 2.31. The summed E-state index contributed by atoms with van der Waals surface area (Å²) in [5, 5.41) is 3.51. The van der Waals surface area contributed by atoms with Crippen LogP contribution >= 0.6 is 27.5 Å². The Hall–Kier alpha value is -0.970. The zero-order chi connectivity index (χ0) is 14.9. The van der Waals surface area contributed by atoms with Gasteiger partial charge in [0.25, 0.3) is 0 Å². The van der Waals surface area contributed by atoms with Crippen molar-refractivity contribution in [1.29, 1.82) is 0 Å². The molecule has 1 atom stereocenters. The minimum Gasteiger partial charge on any atom is -0.309 e. The third-order valence-electron chi connectivity index (χ3n) is 3.18. The van der Waals surface area contributed by atoms with Gasteiger partial charge >= 0.3 is 0 Å². The zero-order valence-electron chi connectivity index (χ0n) is 11.0. The second-order valence-electron chi connectivity index (χ2n) is 4.49. The van der Waals surface area contributed by atoms with Crippen molar-refractivity contribution in [3.05, 3.63) is 68.2 Å². The maximum absolute atomic E-state index is 14.1. The van der Waals surface area contributed by atoms with E-state index in [0.717, 1.165) is 10.0 Å². The van der Waals surface area contributed by atoms with Gasteiger partial charge in [-0.25, -0.2) is 8.78 Å². The van der Waals surface area contributed by atoms with Crippen molar-refractivity contribution in [2.24, 2.45) is 0 Å². The predicted molar refractivity (Wildman–Crippen MR) is 81.1 cm³/mol. The van der Waals surface area contributed by atoms with Crippen LogP contribution in [0.4, 0.5) is 8.78 Å². The molecule has 0 heterocycles. The Labute approximate surface area is 130 Å². The lowest BCUT2D eigenvalue weighted by Gasteiger charge is -2.19. The summed E-state index contributed by atoms with van der Waals surface area (Å²) in [5.74, 6) is -1.64. The van der Waals surface area contributed by atoms with Gasteiger partial charge in [-0.1, -0.05) is 29.8 Å². The van der Waals surface area contributed by atoms with Crippen LogP contribution in [0.5, 0.6) is 0 Å². The molecule has 0 aliphatic carbocycles. The van der Waals surface area contributed by atoms with Gasteiger partial charge in [0, 0.05) is 10.0 Å². The standard InChI is InChI=1S/C15H13BrClF2N/c1-8-3-5-10(14(19)13(8)18)15(20-2)9-4-6-11(16)12(17)7-9/h3-7,15,20H,1-2H3. The van der Waals surface area contributed by atoms with Crippen LogP contribution < -0.4 is 5.32 Å². The first-order chi connectivity index (χ1) is 9.45. The van der Waals surface area contributed by atoms with Crippen molar-refractivity contribution < 1.29 is 8.78 Å². The van der Waals surface area contributed by atoms with Crippen molar-refractivity contribution in [2.45, 2.75) is 13.0 Å². The van der Waals surface area contributed by atoms with Crippen LogP contribution in [0.2, 0.25) is 5.02 Å². The highest BCUT2D eigenvalue weighted by molar-refractivity contribution is 9.10. The highest BCUT2D eigenvalue weighted by Gasteiger charge is 2.20. The van der Waals surface area contributed by atoms with Crippen molar-refractivity contribution >= 4 is 27.5 Å². The fraction of sp³-hybridized carbons (Fsp3) is 0.200. The lowest BCUT2D eigenvalue weighted by Crippen LogP contribution is -2.19. The fourth-order valence-corrected chi connectivity index (χ4v) is 2.51. The normalized spacial score (nSPS) is 12.5. The molecule has 0 fully saturated rings. The molecular weight excluding hydrogens is 348 g/mol. The number of halogens is 4. The quantitative estimate of drug-likeness (QED) is 0.812. The first-order valence-corrected chi connectivity index (χ1v) is 7.19. The predicted octanol–water partition coefficient (Wildman–Crippen LogP) is 5.00. The second kappa shape index (κ2) is 6.20. The molecule has 0 aliphatic rings. The van der Waals surface area contributed by atoms with Crippen LogP contribution in [-0.2, 0) is 0 Å². The lowest BCUT2D eigenvalue weighted by atomic mass is 9.97. The van der Waals surface area contributed by atoms with Crippen LogP contribution in [0.1, 0.15) is 22.7 Å². The maximum Gasteiger partial charge on any atom is 0.164 e. The average molecular weight is 361 g/mol. The summed E-state index contributed by atoms with van der Waals surface area (Å²) in [4.78, 5) is 0. The SMILES string of the molecule is CNC(c1ccc(Br)c(Cl)c1)c1ccc(C)c(F)c1F. The zero-order valence-corrected chi connectivity index (χ0v) is 13.3. The molecule has 20 heavy (non-hydrogen) atoms. The summed E-state index contributed by atoms with van der Waals surface area (Å²) in [6.07, 6.45) is 0. The summed E-state index contributed by atoms with van der Waals surface area (Å²) in [6.45, 7) is 1.53. The molecule has 2 aromatic carbocycles. The average Bonchev–Trinajstić information content (AvgIpc) is 2.43. The van der Waals surface area contributed by atoms with Crippen molar-refractivity contribution in [3.63, 3.8) is 0 Å². The van der Waals surface area contributed by atoms with Crippen molar-refractivity contribution in [1.82, 2.24) is 5.32 Å². The molecule has 0 saturated carbocycles. The number of benzene rings is 2. The Morgan fingerprint density at radius 1 is 1.15 bits per heavy atom. The van der Waals surface area contributed by atoms with Gasteiger partial charge in [0.1, 0.15) is 0 Å². The van der Waals surface area contributed by atoms with E-state index in [-0.39, 0.29) is 11.1 Å². The molecule has 106 valence electrons. The molecule has 1 unspecified atom stereocenters. The van der Waals surface area contributed by atoms with Gasteiger partial charge in [0.15, 0.2) is 11.6 Å². The third-order valence-corrected chi connectivity index (χ3v) is 4.41. The summed E-state index contributed by atoms with van der Waals surface area (Å²) in [7, 11) is 1.69. The maximum atomic E-state index is 14.1. The first kappa shape index (κ1) is 15.4. The molecule has 2 aromatic rings. The third kappa shape index (κ3) is 2.87. The van der Waals surface area contributed by atoms with Crippen LogP contribution in [-0.4, -0.2) is 7.05 Å². The van der Waals surface area contributed by atoms with E-state index in [0.29, 0.717) is 5.02 Å². The summed E-state index contributed by atoms with van der Waals surface area (Å²) >= 11 is 9.36. The molecule has 1 N–H and O–H groups in total. The molecule has 0 saturated heterocycles. The molecule has 5 heteroatoms. The summed E-state index contributed by atoms with van der Waals surface area (Å²) in [6, 6.07) is 8.02. The molecule has 0 aliphatic heterocycles. The summed E-state index contributed by atoms with van der Waals surface area (Å²) < 4.78 is 28.6. The minimum absolute atomic E-state index is 0.258. The van der Waals surface area contributed by atoms with Crippen LogP contribution in [0.3, 0.4) is 0 Å².